The van der Waals surface area contributed by atoms with E-state index in [-0.39, 0.29) is 34.0 Å². The minimum absolute atomic E-state index is 0.197. The van der Waals surface area contributed by atoms with Gasteiger partial charge >= 0.3 is 5.97 Å². The number of benzene rings is 2. The van der Waals surface area contributed by atoms with Crippen LogP contribution in [0, 0.1) is 0 Å². The maximum atomic E-state index is 12.5. The average Bonchev–Trinajstić information content (AvgIpc) is 2.79. The number of hydrogen-bond acceptors (Lipinski definition) is 6. The van der Waals surface area contributed by atoms with E-state index in [1.54, 1.807) is 54.2 Å². The highest BCUT2D eigenvalue weighted by Crippen LogP contribution is 2.25. The van der Waals surface area contributed by atoms with Crippen LogP contribution in [0.4, 0.5) is 5.69 Å². The van der Waals surface area contributed by atoms with Crippen molar-refractivity contribution in [1.29, 1.82) is 0 Å². The maximum Gasteiger partial charge on any atom is 0.328 e. The summed E-state index contributed by atoms with van der Waals surface area (Å²) in [5, 5.41) is 9.19. The van der Waals surface area contributed by atoms with E-state index in [0.717, 1.165) is 17.9 Å². The van der Waals surface area contributed by atoms with Gasteiger partial charge in [0.2, 0.25) is 5.91 Å². The highest BCUT2D eigenvalue weighted by molar-refractivity contribution is 7.99. The fourth-order valence-electron chi connectivity index (χ4n) is 3.21. The first-order valence-corrected chi connectivity index (χ1v) is 11.8. The van der Waals surface area contributed by atoms with Crippen molar-refractivity contribution in [2.24, 2.45) is 0 Å². The van der Waals surface area contributed by atoms with Crippen molar-refractivity contribution >= 4 is 58.4 Å². The molecule has 0 bridgehead atoms. The van der Waals surface area contributed by atoms with Crippen molar-refractivity contribution in [2.75, 3.05) is 30.5 Å². The molecule has 32 heavy (non-hydrogen) atoms. The third-order valence-corrected chi connectivity index (χ3v) is 6.57. The van der Waals surface area contributed by atoms with Crippen LogP contribution in [0.3, 0.4) is 0 Å². The van der Waals surface area contributed by atoms with Crippen molar-refractivity contribution in [3.8, 4) is 0 Å². The number of thioether (sulfide) groups is 1. The number of rotatable bonds is 7. The summed E-state index contributed by atoms with van der Waals surface area (Å²) in [5.41, 5.74) is 1.53. The molecular formula is C22H23Cl2N3O4S. The van der Waals surface area contributed by atoms with Gasteiger partial charge in [-0.25, -0.2) is 4.79 Å². The fourth-order valence-corrected chi connectivity index (χ4v) is 4.71. The van der Waals surface area contributed by atoms with Crippen LogP contribution >= 0.6 is 35.0 Å². The van der Waals surface area contributed by atoms with E-state index in [1.807, 2.05) is 0 Å². The summed E-state index contributed by atoms with van der Waals surface area (Å²) in [7, 11) is 1.29. The Labute approximate surface area is 200 Å². The van der Waals surface area contributed by atoms with Crippen LogP contribution in [0.25, 0.3) is 0 Å². The first-order chi connectivity index (χ1) is 15.4. The molecule has 7 nitrogen and oxygen atoms in total. The molecule has 0 spiro atoms. The van der Waals surface area contributed by atoms with Crippen LogP contribution in [0.2, 0.25) is 10.0 Å². The van der Waals surface area contributed by atoms with E-state index in [9.17, 15) is 14.4 Å². The summed E-state index contributed by atoms with van der Waals surface area (Å²) in [6, 6.07) is 10.6. The van der Waals surface area contributed by atoms with Crippen LogP contribution in [0.5, 0.6) is 0 Å². The fraction of sp³-hybridized carbons (Fsp3) is 0.318. The summed E-state index contributed by atoms with van der Waals surface area (Å²) in [6.07, 6.45) is 0.253. The molecule has 2 aromatic carbocycles. The molecule has 0 aliphatic carbocycles. The van der Waals surface area contributed by atoms with Crippen molar-refractivity contribution < 1.29 is 19.1 Å². The molecule has 170 valence electrons. The lowest BCUT2D eigenvalue weighted by Crippen LogP contribution is -2.53. The molecule has 2 amide bonds. The predicted molar refractivity (Wildman–Crippen MR) is 128 cm³/mol. The Bertz CT molecular complexity index is 961. The number of nitrogens with one attached hydrogen (secondary N) is 3. The molecule has 1 aliphatic rings. The number of hydrogen-bond donors (Lipinski definition) is 3. The Balaban J connectivity index is 1.64. The van der Waals surface area contributed by atoms with E-state index >= 15 is 0 Å². The molecule has 1 heterocycles. The molecule has 2 aromatic rings. The number of halogens is 2. The molecule has 0 radical (unpaired) electrons. The normalized spacial score (nSPS) is 16.7. The van der Waals surface area contributed by atoms with Gasteiger partial charge in [-0.15, -0.1) is 0 Å². The molecule has 0 saturated carbocycles. The SMILES string of the molecule is COC(=O)[C@H](Cc1ccc(NC(=O)c2c(Cl)cccc2Cl)cc1)NC(=O)[C@@H]1CSCCN1. The van der Waals surface area contributed by atoms with Crippen LogP contribution in [-0.4, -0.2) is 55.0 Å². The number of amides is 2. The Morgan fingerprint density at radius 3 is 2.44 bits per heavy atom. The number of carbonyl (C=O) groups excluding carboxylic acids is 3. The summed E-state index contributed by atoms with van der Waals surface area (Å²) in [6.45, 7) is 0.748. The Morgan fingerprint density at radius 2 is 1.84 bits per heavy atom. The van der Waals surface area contributed by atoms with Crippen LogP contribution in [0.15, 0.2) is 42.5 Å². The van der Waals surface area contributed by atoms with Crippen LogP contribution in [-0.2, 0) is 20.7 Å². The Hall–Kier alpha value is -2.26. The van der Waals surface area contributed by atoms with E-state index in [1.165, 1.54) is 7.11 Å². The van der Waals surface area contributed by atoms with Crippen molar-refractivity contribution in [2.45, 2.75) is 18.5 Å². The lowest BCUT2D eigenvalue weighted by atomic mass is 10.0. The molecule has 0 aromatic heterocycles. The van der Waals surface area contributed by atoms with Crippen LogP contribution < -0.4 is 16.0 Å². The third kappa shape index (κ3) is 6.38. The summed E-state index contributed by atoms with van der Waals surface area (Å²) < 4.78 is 4.86. The molecule has 3 rings (SSSR count). The lowest BCUT2D eigenvalue weighted by molar-refractivity contribution is -0.145. The number of ether oxygens (including phenoxy) is 1. The van der Waals surface area contributed by atoms with Gasteiger partial charge in [0.1, 0.15) is 6.04 Å². The molecule has 1 aliphatic heterocycles. The summed E-state index contributed by atoms with van der Waals surface area (Å²) >= 11 is 13.9. The quantitative estimate of drug-likeness (QED) is 0.510. The molecular weight excluding hydrogens is 473 g/mol. The zero-order valence-electron chi connectivity index (χ0n) is 17.3. The molecule has 1 fully saturated rings. The number of methoxy groups -OCH3 is 1. The van der Waals surface area contributed by atoms with E-state index in [4.69, 9.17) is 27.9 Å². The van der Waals surface area contributed by atoms with E-state index in [2.05, 4.69) is 16.0 Å². The lowest BCUT2D eigenvalue weighted by Gasteiger charge is -2.25. The summed E-state index contributed by atoms with van der Waals surface area (Å²) in [5.74, 6) is 0.436. The third-order valence-electron chi connectivity index (χ3n) is 4.88. The average molecular weight is 496 g/mol. The molecule has 0 unspecified atom stereocenters. The minimum Gasteiger partial charge on any atom is -0.467 e. The van der Waals surface area contributed by atoms with Gasteiger partial charge in [-0.3, -0.25) is 9.59 Å². The second kappa shape index (κ2) is 11.6. The Kier molecular flexibility index (Phi) is 8.81. The standard InChI is InChI=1S/C22H23Cl2N3O4S/c1-31-22(30)17(27-20(28)18-12-32-10-9-25-18)11-13-5-7-14(8-6-13)26-21(29)19-15(23)3-2-4-16(19)24/h2-8,17-18,25H,9-12H2,1H3,(H,26,29)(H,27,28)/t17-,18-/m0/s1. The van der Waals surface area contributed by atoms with E-state index in [0.29, 0.717) is 11.4 Å². The van der Waals surface area contributed by atoms with Gasteiger partial charge in [-0.2, -0.15) is 11.8 Å². The topological polar surface area (TPSA) is 96.5 Å². The van der Waals surface area contributed by atoms with Gasteiger partial charge in [0, 0.05) is 30.2 Å². The molecule has 3 N–H and O–H groups in total. The second-order valence-electron chi connectivity index (χ2n) is 7.12. The maximum absolute atomic E-state index is 12.5. The van der Waals surface area contributed by atoms with Gasteiger partial charge in [0.05, 0.1) is 28.8 Å². The first-order valence-electron chi connectivity index (χ1n) is 9.92. The molecule has 2 atom stereocenters. The summed E-state index contributed by atoms with van der Waals surface area (Å²) in [4.78, 5) is 37.3. The molecule has 10 heteroatoms. The smallest absolute Gasteiger partial charge is 0.328 e. The zero-order valence-corrected chi connectivity index (χ0v) is 19.7. The van der Waals surface area contributed by atoms with Gasteiger partial charge in [0.25, 0.3) is 5.91 Å². The van der Waals surface area contributed by atoms with Gasteiger partial charge in [-0.1, -0.05) is 41.4 Å². The van der Waals surface area contributed by atoms with Gasteiger partial charge < -0.3 is 20.7 Å². The van der Waals surface area contributed by atoms with Gasteiger partial charge in [-0.05, 0) is 29.8 Å². The van der Waals surface area contributed by atoms with Crippen molar-refractivity contribution in [3.05, 3.63) is 63.6 Å². The highest BCUT2D eigenvalue weighted by atomic mass is 35.5. The zero-order chi connectivity index (χ0) is 23.1. The highest BCUT2D eigenvalue weighted by Gasteiger charge is 2.27. The minimum atomic E-state index is -0.816. The van der Waals surface area contributed by atoms with E-state index < -0.39 is 17.9 Å². The van der Waals surface area contributed by atoms with Gasteiger partial charge in [0.15, 0.2) is 0 Å². The Morgan fingerprint density at radius 1 is 1.16 bits per heavy atom. The second-order valence-corrected chi connectivity index (χ2v) is 9.08. The number of anilines is 1. The first kappa shape index (κ1) is 24.4. The van der Waals surface area contributed by atoms with Crippen molar-refractivity contribution in [3.63, 3.8) is 0 Å². The monoisotopic (exact) mass is 495 g/mol. The van der Waals surface area contributed by atoms with Crippen LogP contribution in [0.1, 0.15) is 15.9 Å². The van der Waals surface area contributed by atoms with Crippen molar-refractivity contribution in [1.82, 2.24) is 10.6 Å². The largest absolute Gasteiger partial charge is 0.467 e. The number of carbonyl (C=O) groups is 3. The molecule has 1 saturated heterocycles. The number of esters is 1. The predicted octanol–water partition coefficient (Wildman–Crippen LogP) is 3.15.